The summed E-state index contributed by atoms with van der Waals surface area (Å²) >= 11 is 6.04. The number of rotatable bonds is 5. The van der Waals surface area contributed by atoms with Crippen LogP contribution in [-0.2, 0) is 6.18 Å². The van der Waals surface area contributed by atoms with Gasteiger partial charge in [-0.2, -0.15) is 18.3 Å². The summed E-state index contributed by atoms with van der Waals surface area (Å²) in [5.74, 6) is 0. The minimum absolute atomic E-state index is 0.474. The lowest BCUT2D eigenvalue weighted by molar-refractivity contribution is -0.137. The van der Waals surface area contributed by atoms with E-state index in [0.29, 0.717) is 17.1 Å². The average Bonchev–Trinajstić information content (AvgIpc) is 2.55. The number of benzene rings is 2. The first kappa shape index (κ1) is 18.1. The van der Waals surface area contributed by atoms with Crippen LogP contribution in [0.5, 0.6) is 0 Å². The van der Waals surface area contributed by atoms with E-state index < -0.39 is 11.7 Å². The van der Waals surface area contributed by atoms with Crippen molar-refractivity contribution in [2.75, 3.05) is 17.8 Å². The third-order valence-electron chi connectivity index (χ3n) is 3.43. The predicted molar refractivity (Wildman–Crippen MR) is 92.9 cm³/mol. The van der Waals surface area contributed by atoms with Crippen LogP contribution in [0.25, 0.3) is 0 Å². The van der Waals surface area contributed by atoms with E-state index in [4.69, 9.17) is 11.6 Å². The van der Waals surface area contributed by atoms with E-state index in [1.54, 1.807) is 19.2 Å². The Morgan fingerprint density at radius 1 is 1.12 bits per heavy atom. The number of nitrogens with one attached hydrogen (secondary N) is 2. The van der Waals surface area contributed by atoms with Gasteiger partial charge in [-0.05, 0) is 48.9 Å². The molecule has 0 aliphatic rings. The van der Waals surface area contributed by atoms with Gasteiger partial charge in [-0.25, -0.2) is 0 Å². The highest BCUT2D eigenvalue weighted by molar-refractivity contribution is 6.31. The minimum atomic E-state index is -4.35. The highest BCUT2D eigenvalue weighted by atomic mass is 35.5. The van der Waals surface area contributed by atoms with E-state index >= 15 is 0 Å². The SMILES string of the molecule is CC/C(=N\Nc1ccc(C(F)(F)F)cc1)c1cc(Cl)ccc1NC. The third-order valence-corrected chi connectivity index (χ3v) is 3.66. The molecule has 3 nitrogen and oxygen atoms in total. The number of hydrogen-bond acceptors (Lipinski definition) is 3. The first-order valence-electron chi connectivity index (χ1n) is 7.32. The monoisotopic (exact) mass is 355 g/mol. The van der Waals surface area contributed by atoms with Gasteiger partial charge in [-0.15, -0.1) is 0 Å². The van der Waals surface area contributed by atoms with Gasteiger partial charge in [0.1, 0.15) is 0 Å². The highest BCUT2D eigenvalue weighted by Crippen LogP contribution is 2.30. The second kappa shape index (κ2) is 7.57. The van der Waals surface area contributed by atoms with Crippen molar-refractivity contribution >= 4 is 28.7 Å². The van der Waals surface area contributed by atoms with Crippen LogP contribution in [0.1, 0.15) is 24.5 Å². The van der Waals surface area contributed by atoms with Crippen molar-refractivity contribution in [1.29, 1.82) is 0 Å². The lowest BCUT2D eigenvalue weighted by atomic mass is 10.1. The predicted octanol–water partition coefficient (Wildman–Crippen LogP) is 5.63. The quantitative estimate of drug-likeness (QED) is 0.539. The van der Waals surface area contributed by atoms with Gasteiger partial charge < -0.3 is 5.32 Å². The molecule has 128 valence electrons. The molecule has 7 heteroatoms. The Morgan fingerprint density at radius 3 is 2.33 bits per heavy atom. The van der Waals surface area contributed by atoms with Crippen molar-refractivity contribution in [2.45, 2.75) is 19.5 Å². The molecule has 0 spiro atoms. The van der Waals surface area contributed by atoms with Gasteiger partial charge >= 0.3 is 6.18 Å². The molecule has 0 atom stereocenters. The summed E-state index contributed by atoms with van der Waals surface area (Å²) in [4.78, 5) is 0. The van der Waals surface area contributed by atoms with E-state index in [1.165, 1.54) is 12.1 Å². The van der Waals surface area contributed by atoms with E-state index in [9.17, 15) is 13.2 Å². The van der Waals surface area contributed by atoms with E-state index in [-0.39, 0.29) is 0 Å². The Morgan fingerprint density at radius 2 is 1.79 bits per heavy atom. The van der Waals surface area contributed by atoms with E-state index in [1.807, 2.05) is 13.0 Å². The molecule has 0 fully saturated rings. The number of anilines is 2. The molecule has 0 radical (unpaired) electrons. The molecule has 24 heavy (non-hydrogen) atoms. The second-order valence-corrected chi connectivity index (χ2v) is 5.48. The van der Waals surface area contributed by atoms with Crippen LogP contribution < -0.4 is 10.7 Å². The largest absolute Gasteiger partial charge is 0.416 e. The van der Waals surface area contributed by atoms with Crippen molar-refractivity contribution in [3.05, 3.63) is 58.6 Å². The lowest BCUT2D eigenvalue weighted by Gasteiger charge is -2.12. The summed E-state index contributed by atoms with van der Waals surface area (Å²) in [6.45, 7) is 1.94. The van der Waals surface area contributed by atoms with Crippen molar-refractivity contribution in [3.63, 3.8) is 0 Å². The van der Waals surface area contributed by atoms with Crippen molar-refractivity contribution < 1.29 is 13.2 Å². The zero-order valence-corrected chi connectivity index (χ0v) is 14.0. The summed E-state index contributed by atoms with van der Waals surface area (Å²) in [5.41, 5.74) is 5.02. The molecule has 2 N–H and O–H groups in total. The second-order valence-electron chi connectivity index (χ2n) is 5.04. The van der Waals surface area contributed by atoms with Crippen LogP contribution in [0.15, 0.2) is 47.6 Å². The maximum Gasteiger partial charge on any atom is 0.416 e. The number of hydrogen-bond donors (Lipinski definition) is 2. The van der Waals surface area contributed by atoms with E-state index in [2.05, 4.69) is 15.8 Å². The van der Waals surface area contributed by atoms with Gasteiger partial charge in [0.2, 0.25) is 0 Å². The van der Waals surface area contributed by atoms with Gasteiger partial charge in [0.25, 0.3) is 0 Å². The van der Waals surface area contributed by atoms with Crippen LogP contribution in [0.3, 0.4) is 0 Å². The molecule has 0 unspecified atom stereocenters. The Labute approximate surface area is 143 Å². The minimum Gasteiger partial charge on any atom is -0.388 e. The normalized spacial score (nSPS) is 12.2. The van der Waals surface area contributed by atoms with Gasteiger partial charge in [0.05, 0.1) is 17.0 Å². The molecule has 0 heterocycles. The zero-order valence-electron chi connectivity index (χ0n) is 13.2. The fourth-order valence-electron chi connectivity index (χ4n) is 2.17. The van der Waals surface area contributed by atoms with Crippen molar-refractivity contribution in [3.8, 4) is 0 Å². The van der Waals surface area contributed by atoms with Crippen LogP contribution in [0.2, 0.25) is 5.02 Å². The van der Waals surface area contributed by atoms with Crippen molar-refractivity contribution in [2.24, 2.45) is 5.10 Å². The fourth-order valence-corrected chi connectivity index (χ4v) is 2.34. The maximum atomic E-state index is 12.6. The number of nitrogens with zero attached hydrogens (tertiary/aromatic N) is 1. The van der Waals surface area contributed by atoms with Crippen LogP contribution in [-0.4, -0.2) is 12.8 Å². The lowest BCUT2D eigenvalue weighted by Crippen LogP contribution is -2.07. The summed E-state index contributed by atoms with van der Waals surface area (Å²) in [6.07, 6.45) is -3.72. The summed E-state index contributed by atoms with van der Waals surface area (Å²) in [5, 5.41) is 7.96. The molecule has 0 saturated heterocycles. The van der Waals surface area contributed by atoms with Gasteiger partial charge in [0.15, 0.2) is 0 Å². The number of halogens is 4. The summed E-state index contributed by atoms with van der Waals surface area (Å²) in [6, 6.07) is 10.1. The molecule has 0 aliphatic heterocycles. The third kappa shape index (κ3) is 4.41. The molecule has 0 saturated carbocycles. The number of alkyl halides is 3. The molecule has 2 aromatic carbocycles. The van der Waals surface area contributed by atoms with Crippen LogP contribution in [0, 0.1) is 0 Å². The van der Waals surface area contributed by atoms with Crippen LogP contribution in [0.4, 0.5) is 24.5 Å². The molecule has 0 aliphatic carbocycles. The van der Waals surface area contributed by atoms with Crippen molar-refractivity contribution in [1.82, 2.24) is 0 Å². The molecule has 0 aromatic heterocycles. The van der Waals surface area contributed by atoms with Crippen LogP contribution >= 0.6 is 11.6 Å². The maximum absolute atomic E-state index is 12.6. The summed E-state index contributed by atoms with van der Waals surface area (Å²) in [7, 11) is 1.79. The fraction of sp³-hybridized carbons (Fsp3) is 0.235. The van der Waals surface area contributed by atoms with Gasteiger partial charge in [0, 0.05) is 23.3 Å². The van der Waals surface area contributed by atoms with E-state index in [0.717, 1.165) is 29.1 Å². The molecular formula is C17H17ClF3N3. The molecule has 0 amide bonds. The first-order valence-corrected chi connectivity index (χ1v) is 7.70. The molecular weight excluding hydrogens is 339 g/mol. The topological polar surface area (TPSA) is 36.4 Å². The van der Waals surface area contributed by atoms with Gasteiger partial charge in [-0.1, -0.05) is 18.5 Å². The zero-order chi connectivity index (χ0) is 17.7. The Hall–Kier alpha value is -2.21. The standard InChI is InChI=1S/C17H17ClF3N3/c1-3-15(14-10-12(18)6-9-16(14)22-2)24-23-13-7-4-11(5-8-13)17(19,20)21/h4-10,22-23H,3H2,1-2H3/b24-15+. The molecule has 0 bridgehead atoms. The summed E-state index contributed by atoms with van der Waals surface area (Å²) < 4.78 is 37.7. The van der Waals surface area contributed by atoms with Gasteiger partial charge in [-0.3, -0.25) is 5.43 Å². The Bertz CT molecular complexity index is 725. The highest BCUT2D eigenvalue weighted by Gasteiger charge is 2.29. The number of hydrazone groups is 1. The average molecular weight is 356 g/mol. The smallest absolute Gasteiger partial charge is 0.388 e. The first-order chi connectivity index (χ1) is 11.3. The molecule has 2 rings (SSSR count). The molecule has 2 aromatic rings. The Balaban J connectivity index is 2.24. The Kier molecular flexibility index (Phi) is 5.72.